The molecule has 2 unspecified atom stereocenters. The van der Waals surface area contributed by atoms with E-state index in [-0.39, 0.29) is 23.7 Å². The zero-order chi connectivity index (χ0) is 14.2. The van der Waals surface area contributed by atoms with Gasteiger partial charge in [0.2, 0.25) is 5.91 Å². The molecule has 19 heavy (non-hydrogen) atoms. The molecular formula is C14H22N2O2S. The molecule has 2 atom stereocenters. The summed E-state index contributed by atoms with van der Waals surface area (Å²) in [6.45, 7) is 8.58. The fourth-order valence-corrected chi connectivity index (χ4v) is 3.20. The van der Waals surface area contributed by atoms with Gasteiger partial charge in [0.25, 0.3) is 0 Å². The van der Waals surface area contributed by atoms with Crippen molar-refractivity contribution in [2.45, 2.75) is 45.5 Å². The zero-order valence-electron chi connectivity index (χ0n) is 12.2. The first-order chi connectivity index (χ1) is 8.84. The Kier molecular flexibility index (Phi) is 3.99. The molecule has 0 saturated carbocycles. The number of amides is 1. The van der Waals surface area contributed by atoms with Gasteiger partial charge < -0.3 is 9.64 Å². The van der Waals surface area contributed by atoms with Crippen LogP contribution in [0.25, 0.3) is 0 Å². The fourth-order valence-electron chi connectivity index (χ4n) is 2.25. The van der Waals surface area contributed by atoms with Crippen molar-refractivity contribution >= 4 is 17.2 Å². The van der Waals surface area contributed by atoms with Gasteiger partial charge in [0, 0.05) is 16.9 Å². The predicted octanol–water partition coefficient (Wildman–Crippen LogP) is 2.30. The molecule has 0 radical (unpaired) electrons. The van der Waals surface area contributed by atoms with Crippen LogP contribution in [0.4, 0.5) is 0 Å². The Hall–Kier alpha value is -0.910. The maximum absolute atomic E-state index is 12.3. The molecule has 1 aromatic heterocycles. The average Bonchev–Trinajstić information content (AvgIpc) is 2.88. The van der Waals surface area contributed by atoms with Crippen LogP contribution in [0.15, 0.2) is 12.1 Å². The standard InChI is InChI=1S/C14H22N2O2S/c1-9-6-7-11(19-9)12-15-10(2)13(17)16(12)8-14(3,4)18-5/h6-7,10,12,15H,8H2,1-5H3. The summed E-state index contributed by atoms with van der Waals surface area (Å²) in [6, 6.07) is 4.05. The second-order valence-electron chi connectivity index (χ2n) is 5.67. The molecular weight excluding hydrogens is 260 g/mol. The van der Waals surface area contributed by atoms with Crippen LogP contribution in [0, 0.1) is 6.92 Å². The van der Waals surface area contributed by atoms with Gasteiger partial charge >= 0.3 is 0 Å². The lowest BCUT2D eigenvalue weighted by atomic mass is 10.1. The zero-order valence-corrected chi connectivity index (χ0v) is 13.0. The highest BCUT2D eigenvalue weighted by Gasteiger charge is 2.40. The maximum atomic E-state index is 12.3. The molecule has 1 fully saturated rings. The van der Waals surface area contributed by atoms with Gasteiger partial charge in [-0.1, -0.05) is 0 Å². The van der Waals surface area contributed by atoms with Gasteiger partial charge in [-0.05, 0) is 39.8 Å². The molecule has 1 aliphatic rings. The molecule has 4 nitrogen and oxygen atoms in total. The van der Waals surface area contributed by atoms with Gasteiger partial charge in [-0.2, -0.15) is 0 Å². The van der Waals surface area contributed by atoms with E-state index in [9.17, 15) is 4.79 Å². The molecule has 106 valence electrons. The Morgan fingerprint density at radius 2 is 2.16 bits per heavy atom. The summed E-state index contributed by atoms with van der Waals surface area (Å²) in [7, 11) is 1.68. The third-order valence-corrected chi connectivity index (χ3v) is 4.56. The molecule has 5 heteroatoms. The molecule has 0 bridgehead atoms. The van der Waals surface area contributed by atoms with Crippen LogP contribution in [0.3, 0.4) is 0 Å². The fraction of sp³-hybridized carbons (Fsp3) is 0.643. The monoisotopic (exact) mass is 282 g/mol. The van der Waals surface area contributed by atoms with E-state index in [1.165, 1.54) is 9.75 Å². The van der Waals surface area contributed by atoms with Crippen molar-refractivity contribution in [3.8, 4) is 0 Å². The Morgan fingerprint density at radius 3 is 2.68 bits per heavy atom. The molecule has 0 spiro atoms. The van der Waals surface area contributed by atoms with Gasteiger partial charge in [0.05, 0.1) is 18.2 Å². The highest BCUT2D eigenvalue weighted by atomic mass is 32.1. The molecule has 1 N–H and O–H groups in total. The maximum Gasteiger partial charge on any atom is 0.241 e. The third kappa shape index (κ3) is 2.99. The summed E-state index contributed by atoms with van der Waals surface area (Å²) in [5, 5.41) is 3.36. The number of carbonyl (C=O) groups is 1. The first kappa shape index (κ1) is 14.5. The van der Waals surface area contributed by atoms with E-state index in [2.05, 4.69) is 24.4 Å². The Bertz CT molecular complexity index is 470. The van der Waals surface area contributed by atoms with E-state index in [1.807, 2.05) is 25.7 Å². The van der Waals surface area contributed by atoms with Crippen molar-refractivity contribution in [2.75, 3.05) is 13.7 Å². The smallest absolute Gasteiger partial charge is 0.241 e. The van der Waals surface area contributed by atoms with Gasteiger partial charge in [0.15, 0.2) is 0 Å². The first-order valence-electron chi connectivity index (χ1n) is 6.52. The molecule has 0 aromatic carbocycles. The number of hydrogen-bond acceptors (Lipinski definition) is 4. The molecule has 2 heterocycles. The van der Waals surface area contributed by atoms with Crippen LogP contribution in [-0.2, 0) is 9.53 Å². The lowest BCUT2D eigenvalue weighted by molar-refractivity contribution is -0.133. The summed E-state index contributed by atoms with van der Waals surface area (Å²) in [6.07, 6.45) is -0.0318. The van der Waals surface area contributed by atoms with Gasteiger partial charge in [0.1, 0.15) is 6.17 Å². The second-order valence-corrected chi connectivity index (χ2v) is 6.99. The number of nitrogens with zero attached hydrogens (tertiary/aromatic N) is 1. The molecule has 1 aliphatic heterocycles. The van der Waals surface area contributed by atoms with Crippen LogP contribution in [-0.4, -0.2) is 36.1 Å². The number of methoxy groups -OCH3 is 1. The minimum Gasteiger partial charge on any atom is -0.377 e. The van der Waals surface area contributed by atoms with Gasteiger partial charge in [-0.15, -0.1) is 11.3 Å². The third-order valence-electron chi connectivity index (χ3n) is 3.51. The first-order valence-corrected chi connectivity index (χ1v) is 7.34. The lowest BCUT2D eigenvalue weighted by Crippen LogP contribution is -2.43. The second kappa shape index (κ2) is 5.23. The number of thiophene rings is 1. The van der Waals surface area contributed by atoms with Crippen molar-refractivity contribution < 1.29 is 9.53 Å². The van der Waals surface area contributed by atoms with E-state index in [0.29, 0.717) is 6.54 Å². The Balaban J connectivity index is 2.24. The largest absolute Gasteiger partial charge is 0.377 e. The van der Waals surface area contributed by atoms with E-state index < -0.39 is 0 Å². The highest BCUT2D eigenvalue weighted by Crippen LogP contribution is 2.31. The van der Waals surface area contributed by atoms with E-state index in [0.717, 1.165) is 0 Å². The summed E-state index contributed by atoms with van der Waals surface area (Å²) in [5.74, 6) is 0.140. The van der Waals surface area contributed by atoms with Crippen LogP contribution >= 0.6 is 11.3 Å². The van der Waals surface area contributed by atoms with Crippen molar-refractivity contribution in [1.29, 1.82) is 0 Å². The molecule has 1 saturated heterocycles. The molecule has 2 rings (SSSR count). The van der Waals surface area contributed by atoms with Crippen LogP contribution in [0.2, 0.25) is 0 Å². The van der Waals surface area contributed by atoms with Crippen molar-refractivity contribution in [3.05, 3.63) is 21.9 Å². The molecule has 1 amide bonds. The highest BCUT2D eigenvalue weighted by molar-refractivity contribution is 7.12. The van der Waals surface area contributed by atoms with Crippen molar-refractivity contribution in [2.24, 2.45) is 0 Å². The predicted molar refractivity (Wildman–Crippen MR) is 77.2 cm³/mol. The summed E-state index contributed by atoms with van der Waals surface area (Å²) < 4.78 is 5.45. The quantitative estimate of drug-likeness (QED) is 0.921. The van der Waals surface area contributed by atoms with E-state index in [4.69, 9.17) is 4.74 Å². The minimum atomic E-state index is -0.341. The number of hydrogen-bond donors (Lipinski definition) is 1. The topological polar surface area (TPSA) is 41.6 Å². The molecule has 0 aliphatic carbocycles. The number of carbonyl (C=O) groups excluding carboxylic acids is 1. The summed E-state index contributed by atoms with van der Waals surface area (Å²) >= 11 is 1.73. The van der Waals surface area contributed by atoms with Crippen LogP contribution < -0.4 is 5.32 Å². The van der Waals surface area contributed by atoms with Gasteiger partial charge in [-0.3, -0.25) is 10.1 Å². The lowest BCUT2D eigenvalue weighted by Gasteiger charge is -2.32. The molecule has 1 aromatic rings. The minimum absolute atomic E-state index is 0.0318. The van der Waals surface area contributed by atoms with Crippen molar-refractivity contribution in [3.63, 3.8) is 0 Å². The summed E-state index contributed by atoms with van der Waals surface area (Å²) in [4.78, 5) is 16.6. The van der Waals surface area contributed by atoms with E-state index in [1.54, 1.807) is 18.4 Å². The summed E-state index contributed by atoms with van der Waals surface area (Å²) in [5.41, 5.74) is -0.341. The van der Waals surface area contributed by atoms with Gasteiger partial charge in [-0.25, -0.2) is 0 Å². The van der Waals surface area contributed by atoms with Crippen molar-refractivity contribution in [1.82, 2.24) is 10.2 Å². The number of nitrogens with one attached hydrogen (secondary N) is 1. The number of rotatable bonds is 4. The Labute approximate surface area is 118 Å². The van der Waals surface area contributed by atoms with Crippen LogP contribution in [0.5, 0.6) is 0 Å². The van der Waals surface area contributed by atoms with Crippen LogP contribution in [0.1, 0.15) is 36.7 Å². The average molecular weight is 282 g/mol. The Morgan fingerprint density at radius 1 is 1.47 bits per heavy atom. The van der Waals surface area contributed by atoms with E-state index >= 15 is 0 Å². The number of aryl methyl sites for hydroxylation is 1. The SMILES string of the molecule is COC(C)(C)CN1C(=O)C(C)NC1c1ccc(C)s1. The normalized spacial score (nSPS) is 24.3. The number of ether oxygens (including phenoxy) is 1.